The first-order valence-electron chi connectivity index (χ1n) is 5.00. The van der Waals surface area contributed by atoms with E-state index in [1.807, 2.05) is 12.2 Å². The molecule has 0 atom stereocenters. The Hall–Kier alpha value is -1.31. The fraction of sp³-hybridized carbons (Fsp3) is 0.417. The second-order valence-corrected chi connectivity index (χ2v) is 3.75. The van der Waals surface area contributed by atoms with Crippen molar-refractivity contribution in [2.75, 3.05) is 0 Å². The summed E-state index contributed by atoms with van der Waals surface area (Å²) >= 11 is 0. The molecule has 2 nitrogen and oxygen atoms in total. The molecule has 0 bridgehead atoms. The highest BCUT2D eigenvalue weighted by atomic mass is 15.1. The lowest BCUT2D eigenvalue weighted by molar-refractivity contribution is -0.686. The van der Waals surface area contributed by atoms with E-state index < -0.39 is 0 Å². The monoisotopic (exact) mass is 191 g/mol. The van der Waals surface area contributed by atoms with Gasteiger partial charge in [0.15, 0.2) is 0 Å². The van der Waals surface area contributed by atoms with Crippen LogP contribution in [0.5, 0.6) is 0 Å². The highest BCUT2D eigenvalue weighted by Crippen LogP contribution is 2.12. The zero-order valence-electron chi connectivity index (χ0n) is 9.11. The normalized spacial score (nSPS) is 10.5. The maximum Gasteiger partial charge on any atom is 0.244 e. The summed E-state index contributed by atoms with van der Waals surface area (Å²) in [6.45, 7) is 13.6. The van der Waals surface area contributed by atoms with E-state index in [0.717, 1.165) is 13.1 Å². The molecular weight excluding hydrogens is 172 g/mol. The largest absolute Gasteiger partial charge is 0.244 e. The molecule has 0 amide bonds. The van der Waals surface area contributed by atoms with Crippen LogP contribution in [0.2, 0.25) is 0 Å². The van der Waals surface area contributed by atoms with Gasteiger partial charge in [-0.1, -0.05) is 39.2 Å². The second kappa shape index (κ2) is 4.80. The number of nitrogens with zero attached hydrogens (tertiary/aromatic N) is 2. The predicted octanol–water partition coefficient (Wildman–Crippen LogP) is 2.27. The van der Waals surface area contributed by atoms with Crippen molar-refractivity contribution < 1.29 is 4.57 Å². The summed E-state index contributed by atoms with van der Waals surface area (Å²) in [5.41, 5.74) is 1.34. The number of imidazole rings is 1. The van der Waals surface area contributed by atoms with Gasteiger partial charge >= 0.3 is 0 Å². The lowest BCUT2D eigenvalue weighted by Crippen LogP contribution is -2.29. The van der Waals surface area contributed by atoms with E-state index in [4.69, 9.17) is 0 Å². The van der Waals surface area contributed by atoms with Crippen LogP contribution in [0.3, 0.4) is 0 Å². The Morgan fingerprint density at radius 1 is 1.43 bits per heavy atom. The molecule has 2 heteroatoms. The first-order valence-corrected chi connectivity index (χ1v) is 5.00. The Labute approximate surface area is 86.2 Å². The minimum absolute atomic E-state index is 0.543. The standard InChI is InChI=1S/C12H19N2/c1-5-7-13-9-12(11(3)4)14(10-13)8-6-2/h5-6,9-11H,1-2,7-8H2,3-4H3/q+1. The zero-order chi connectivity index (χ0) is 10.6. The van der Waals surface area contributed by atoms with Crippen molar-refractivity contribution in [3.05, 3.63) is 43.5 Å². The van der Waals surface area contributed by atoms with Crippen LogP contribution in [0, 0.1) is 0 Å². The van der Waals surface area contributed by atoms with Gasteiger partial charge in [-0.2, -0.15) is 0 Å². The molecular formula is C12H19N2+. The molecule has 1 heterocycles. The highest BCUT2D eigenvalue weighted by Gasteiger charge is 2.14. The van der Waals surface area contributed by atoms with Crippen molar-refractivity contribution in [3.63, 3.8) is 0 Å². The van der Waals surface area contributed by atoms with Gasteiger partial charge in [0.05, 0.1) is 0 Å². The van der Waals surface area contributed by atoms with Crippen molar-refractivity contribution in [3.8, 4) is 0 Å². The van der Waals surface area contributed by atoms with Gasteiger partial charge in [-0.15, -0.1) is 0 Å². The Bertz CT molecular complexity index is 321. The maximum atomic E-state index is 3.76. The van der Waals surface area contributed by atoms with Gasteiger partial charge < -0.3 is 0 Å². The van der Waals surface area contributed by atoms with Crippen molar-refractivity contribution >= 4 is 0 Å². The smallest absolute Gasteiger partial charge is 0.233 e. The summed E-state index contributed by atoms with van der Waals surface area (Å²) in [4.78, 5) is 0. The first kappa shape index (κ1) is 10.8. The summed E-state index contributed by atoms with van der Waals surface area (Å²) in [6.07, 6.45) is 8.11. The first-order chi connectivity index (χ1) is 6.69. The minimum atomic E-state index is 0.543. The Morgan fingerprint density at radius 3 is 2.64 bits per heavy atom. The van der Waals surface area contributed by atoms with Crippen LogP contribution in [0.25, 0.3) is 0 Å². The molecule has 1 rings (SSSR count). The van der Waals surface area contributed by atoms with Crippen LogP contribution >= 0.6 is 0 Å². The molecule has 0 unspecified atom stereocenters. The van der Waals surface area contributed by atoms with Gasteiger partial charge in [0.1, 0.15) is 25.0 Å². The Balaban J connectivity index is 2.98. The Morgan fingerprint density at radius 2 is 2.14 bits per heavy atom. The van der Waals surface area contributed by atoms with Crippen LogP contribution in [-0.2, 0) is 13.1 Å². The number of aromatic nitrogens is 2. The van der Waals surface area contributed by atoms with Crippen molar-refractivity contribution in [1.29, 1.82) is 0 Å². The van der Waals surface area contributed by atoms with Crippen LogP contribution in [0.15, 0.2) is 37.8 Å². The molecule has 0 saturated carbocycles. The topological polar surface area (TPSA) is 8.81 Å². The molecule has 14 heavy (non-hydrogen) atoms. The third-order valence-corrected chi connectivity index (χ3v) is 2.17. The summed E-state index contributed by atoms with van der Waals surface area (Å²) in [5.74, 6) is 0.543. The predicted molar refractivity (Wildman–Crippen MR) is 59.1 cm³/mol. The minimum Gasteiger partial charge on any atom is -0.233 e. The molecule has 1 aromatic rings. The molecule has 1 aromatic heterocycles. The van der Waals surface area contributed by atoms with Gasteiger partial charge in [0.25, 0.3) is 0 Å². The van der Waals surface area contributed by atoms with Gasteiger partial charge in [-0.3, -0.25) is 0 Å². The Kier molecular flexibility index (Phi) is 3.69. The summed E-state index contributed by atoms with van der Waals surface area (Å²) in [7, 11) is 0. The average Bonchev–Trinajstić information content (AvgIpc) is 2.49. The van der Waals surface area contributed by atoms with E-state index in [9.17, 15) is 0 Å². The third-order valence-electron chi connectivity index (χ3n) is 2.17. The molecule has 76 valence electrons. The van der Waals surface area contributed by atoms with Crippen LogP contribution in [0.4, 0.5) is 0 Å². The van der Waals surface area contributed by atoms with Gasteiger partial charge in [-0.25, -0.2) is 9.13 Å². The molecule has 0 saturated heterocycles. The second-order valence-electron chi connectivity index (χ2n) is 3.75. The fourth-order valence-electron chi connectivity index (χ4n) is 1.54. The van der Waals surface area contributed by atoms with Crippen LogP contribution < -0.4 is 4.57 Å². The zero-order valence-corrected chi connectivity index (χ0v) is 9.11. The average molecular weight is 191 g/mol. The number of allylic oxidation sites excluding steroid dienone is 2. The molecule has 0 aliphatic heterocycles. The maximum absolute atomic E-state index is 3.76. The quantitative estimate of drug-likeness (QED) is 0.498. The van der Waals surface area contributed by atoms with Gasteiger partial charge in [-0.05, 0) is 0 Å². The molecule has 0 aliphatic rings. The van der Waals surface area contributed by atoms with Crippen LogP contribution in [0.1, 0.15) is 25.5 Å². The highest BCUT2D eigenvalue weighted by molar-refractivity contribution is 5.01. The van der Waals surface area contributed by atoms with E-state index in [1.54, 1.807) is 0 Å². The van der Waals surface area contributed by atoms with Crippen molar-refractivity contribution in [2.24, 2.45) is 0 Å². The van der Waals surface area contributed by atoms with E-state index >= 15 is 0 Å². The number of hydrogen-bond acceptors (Lipinski definition) is 0. The molecule has 0 aromatic carbocycles. The fourth-order valence-corrected chi connectivity index (χ4v) is 1.54. The SMILES string of the molecule is C=CCn1c[n+](CC=C)cc1C(C)C. The van der Waals surface area contributed by atoms with Crippen molar-refractivity contribution in [2.45, 2.75) is 32.9 Å². The van der Waals surface area contributed by atoms with Gasteiger partial charge in [0, 0.05) is 5.92 Å². The third kappa shape index (κ3) is 2.34. The number of hydrogen-bond donors (Lipinski definition) is 0. The lowest BCUT2D eigenvalue weighted by Gasteiger charge is -2.00. The van der Waals surface area contributed by atoms with Gasteiger partial charge in [0.2, 0.25) is 6.33 Å². The lowest BCUT2D eigenvalue weighted by atomic mass is 10.1. The van der Waals surface area contributed by atoms with E-state index in [-0.39, 0.29) is 0 Å². The molecule has 0 aliphatic carbocycles. The molecule has 0 N–H and O–H groups in total. The van der Waals surface area contributed by atoms with Crippen LogP contribution in [-0.4, -0.2) is 4.57 Å². The van der Waals surface area contributed by atoms with E-state index in [1.165, 1.54) is 5.69 Å². The molecule has 0 radical (unpaired) electrons. The summed E-state index contributed by atoms with van der Waals surface area (Å²) in [6, 6.07) is 0. The number of rotatable bonds is 5. The summed E-state index contributed by atoms with van der Waals surface area (Å²) < 4.78 is 4.37. The summed E-state index contributed by atoms with van der Waals surface area (Å²) in [5, 5.41) is 0. The molecule has 0 fully saturated rings. The van der Waals surface area contributed by atoms with Crippen molar-refractivity contribution in [1.82, 2.24) is 4.57 Å². The molecule has 0 spiro atoms. The van der Waals surface area contributed by atoms with E-state index in [0.29, 0.717) is 5.92 Å². The van der Waals surface area contributed by atoms with E-state index in [2.05, 4.69) is 48.7 Å².